The summed E-state index contributed by atoms with van der Waals surface area (Å²) in [5.74, 6) is 0. The van der Waals surface area contributed by atoms with Gasteiger partial charge >= 0.3 is 0 Å². The van der Waals surface area contributed by atoms with E-state index in [9.17, 15) is 5.11 Å². The summed E-state index contributed by atoms with van der Waals surface area (Å²) in [5, 5.41) is 26.2. The van der Waals surface area contributed by atoms with Crippen molar-refractivity contribution in [3.63, 3.8) is 0 Å². The van der Waals surface area contributed by atoms with E-state index in [1.807, 2.05) is 41.1 Å². The molecule has 0 spiro atoms. The molecule has 0 saturated carbocycles. The lowest BCUT2D eigenvalue weighted by Gasteiger charge is -2.12. The van der Waals surface area contributed by atoms with Gasteiger partial charge in [-0.15, -0.1) is 0 Å². The van der Waals surface area contributed by atoms with E-state index in [0.29, 0.717) is 6.54 Å². The van der Waals surface area contributed by atoms with E-state index < -0.39 is 6.10 Å². The van der Waals surface area contributed by atoms with Crippen LogP contribution in [0.1, 0.15) is 11.7 Å². The van der Waals surface area contributed by atoms with Crippen LogP contribution in [0.4, 0.5) is 5.69 Å². The molecule has 0 bridgehead atoms. The van der Waals surface area contributed by atoms with Gasteiger partial charge in [0, 0.05) is 11.9 Å². The Morgan fingerprint density at radius 3 is 3.00 bits per heavy atom. The fourth-order valence-electron chi connectivity index (χ4n) is 1.94. The van der Waals surface area contributed by atoms with Gasteiger partial charge in [-0.1, -0.05) is 18.2 Å². The summed E-state index contributed by atoms with van der Waals surface area (Å²) in [6, 6.07) is 9.73. The zero-order valence-corrected chi connectivity index (χ0v) is 11.0. The van der Waals surface area contributed by atoms with Crippen LogP contribution in [-0.2, 0) is 0 Å². The lowest BCUT2D eigenvalue weighted by molar-refractivity contribution is 0.192. The maximum absolute atomic E-state index is 10.1. The number of nitrogens with one attached hydrogen (secondary N) is 1. The minimum atomic E-state index is -0.516. The van der Waals surface area contributed by atoms with Crippen LogP contribution >= 0.6 is 11.3 Å². The van der Waals surface area contributed by atoms with E-state index in [2.05, 4.69) is 15.5 Å². The first-order valence-electron chi connectivity index (χ1n) is 5.99. The number of hydrogen-bond acceptors (Lipinski definition) is 5. The lowest BCUT2D eigenvalue weighted by atomic mass is 10.2. The van der Waals surface area contributed by atoms with Gasteiger partial charge in [-0.05, 0) is 28.5 Å². The van der Waals surface area contributed by atoms with Crippen molar-refractivity contribution in [3.05, 3.63) is 52.9 Å². The van der Waals surface area contributed by atoms with Crippen LogP contribution in [0.3, 0.4) is 0 Å². The molecule has 1 aromatic carbocycles. The van der Waals surface area contributed by atoms with Gasteiger partial charge in [-0.3, -0.25) is 0 Å². The molecule has 0 fully saturated rings. The largest absolute Gasteiger partial charge is 0.387 e. The van der Waals surface area contributed by atoms with Crippen molar-refractivity contribution in [1.29, 1.82) is 0 Å². The topological polar surface area (TPSA) is 58.0 Å². The van der Waals surface area contributed by atoms with Gasteiger partial charge in [0.15, 0.2) is 0 Å². The molecule has 2 heterocycles. The summed E-state index contributed by atoms with van der Waals surface area (Å²) in [4.78, 5) is 0. The molecule has 3 aromatic rings. The van der Waals surface area contributed by atoms with Crippen molar-refractivity contribution in [2.45, 2.75) is 6.10 Å². The fourth-order valence-corrected chi connectivity index (χ4v) is 2.64. The molecule has 0 aliphatic rings. The molecule has 19 heavy (non-hydrogen) atoms. The number of fused-ring (bicyclic) bond motifs is 1. The molecule has 0 aliphatic heterocycles. The summed E-state index contributed by atoms with van der Waals surface area (Å²) in [6.45, 7) is 0.451. The summed E-state index contributed by atoms with van der Waals surface area (Å²) < 4.78 is 0. The second kappa shape index (κ2) is 5.34. The number of thiophene rings is 1. The van der Waals surface area contributed by atoms with Gasteiger partial charge in [-0.25, -0.2) is 0 Å². The summed E-state index contributed by atoms with van der Waals surface area (Å²) >= 11 is 1.58. The van der Waals surface area contributed by atoms with Crippen molar-refractivity contribution in [2.75, 3.05) is 11.9 Å². The Labute approximate surface area is 114 Å². The van der Waals surface area contributed by atoms with Gasteiger partial charge < -0.3 is 10.4 Å². The molecule has 96 valence electrons. The summed E-state index contributed by atoms with van der Waals surface area (Å²) in [6.07, 6.45) is 1.17. The number of benzene rings is 1. The van der Waals surface area contributed by atoms with Gasteiger partial charge in [0.25, 0.3) is 0 Å². The number of nitrogens with zero attached hydrogens (tertiary/aromatic N) is 2. The summed E-state index contributed by atoms with van der Waals surface area (Å²) in [5.41, 5.74) is 2.67. The predicted molar refractivity (Wildman–Crippen MR) is 77.3 cm³/mol. The van der Waals surface area contributed by atoms with Crippen LogP contribution in [0.25, 0.3) is 10.9 Å². The number of anilines is 1. The van der Waals surface area contributed by atoms with E-state index in [1.165, 1.54) is 0 Å². The third-order valence-corrected chi connectivity index (χ3v) is 3.66. The number of rotatable bonds is 4. The van der Waals surface area contributed by atoms with Crippen molar-refractivity contribution in [2.24, 2.45) is 0 Å². The van der Waals surface area contributed by atoms with E-state index in [1.54, 1.807) is 17.5 Å². The molecular weight excluding hydrogens is 258 g/mol. The molecule has 1 atom stereocenters. The minimum Gasteiger partial charge on any atom is -0.387 e. The molecule has 4 nitrogen and oxygen atoms in total. The quantitative estimate of drug-likeness (QED) is 0.766. The van der Waals surface area contributed by atoms with Gasteiger partial charge in [0.1, 0.15) is 0 Å². The number of aliphatic hydroxyl groups is 1. The Morgan fingerprint density at radius 2 is 2.16 bits per heavy atom. The fraction of sp³-hybridized carbons (Fsp3) is 0.143. The second-order valence-electron chi connectivity index (χ2n) is 4.23. The van der Waals surface area contributed by atoms with Crippen molar-refractivity contribution >= 4 is 27.9 Å². The normalized spacial score (nSPS) is 12.5. The highest BCUT2D eigenvalue weighted by Crippen LogP contribution is 2.22. The van der Waals surface area contributed by atoms with Crippen LogP contribution in [0.15, 0.2) is 47.3 Å². The van der Waals surface area contributed by atoms with Crippen LogP contribution < -0.4 is 5.32 Å². The van der Waals surface area contributed by atoms with Crippen LogP contribution in [-0.4, -0.2) is 21.8 Å². The van der Waals surface area contributed by atoms with Crippen LogP contribution in [0.2, 0.25) is 0 Å². The molecule has 0 aliphatic carbocycles. The average molecular weight is 271 g/mol. The summed E-state index contributed by atoms with van der Waals surface area (Å²) in [7, 11) is 0. The maximum Gasteiger partial charge on any atom is 0.0970 e. The number of aromatic nitrogens is 2. The van der Waals surface area contributed by atoms with Crippen molar-refractivity contribution < 1.29 is 5.11 Å². The molecule has 1 unspecified atom stereocenters. The predicted octanol–water partition coefficient (Wildman–Crippen LogP) is 2.84. The zero-order valence-electron chi connectivity index (χ0n) is 10.2. The Bertz CT molecular complexity index is 664. The van der Waals surface area contributed by atoms with E-state index in [-0.39, 0.29) is 0 Å². The molecular formula is C14H13N3OS. The van der Waals surface area contributed by atoms with Gasteiger partial charge in [0.05, 0.1) is 23.5 Å². The van der Waals surface area contributed by atoms with Gasteiger partial charge in [-0.2, -0.15) is 21.5 Å². The number of aliphatic hydroxyl groups excluding tert-OH is 1. The number of hydrogen-bond donors (Lipinski definition) is 2. The van der Waals surface area contributed by atoms with Crippen LogP contribution in [0.5, 0.6) is 0 Å². The molecule has 0 amide bonds. The molecule has 2 aromatic heterocycles. The van der Waals surface area contributed by atoms with Gasteiger partial charge in [0.2, 0.25) is 0 Å². The van der Waals surface area contributed by atoms with Crippen molar-refractivity contribution in [1.82, 2.24) is 10.2 Å². The molecule has 0 saturated heterocycles. The smallest absolute Gasteiger partial charge is 0.0970 e. The second-order valence-corrected chi connectivity index (χ2v) is 5.01. The Balaban J connectivity index is 1.79. The van der Waals surface area contributed by atoms with Crippen molar-refractivity contribution in [3.8, 4) is 0 Å². The SMILES string of the molecule is OC(CNc1cnnc2ccccc12)c1ccsc1. The molecule has 5 heteroatoms. The Morgan fingerprint density at radius 1 is 1.26 bits per heavy atom. The Hall–Kier alpha value is -1.98. The average Bonchev–Trinajstić information content (AvgIpc) is 2.99. The molecule has 2 N–H and O–H groups in total. The Kier molecular flexibility index (Phi) is 3.39. The van der Waals surface area contributed by atoms with E-state index in [0.717, 1.165) is 22.2 Å². The van der Waals surface area contributed by atoms with E-state index >= 15 is 0 Å². The lowest BCUT2D eigenvalue weighted by Crippen LogP contribution is -2.12. The highest BCUT2D eigenvalue weighted by Gasteiger charge is 2.09. The standard InChI is InChI=1S/C14H13N3OS/c18-14(10-5-6-19-9-10)8-15-13-7-16-17-12-4-2-1-3-11(12)13/h1-7,9,14,18H,8H2,(H,15,17). The molecule has 3 rings (SSSR count). The highest BCUT2D eigenvalue weighted by molar-refractivity contribution is 7.07. The zero-order chi connectivity index (χ0) is 13.1. The monoisotopic (exact) mass is 271 g/mol. The minimum absolute atomic E-state index is 0.451. The molecule has 0 radical (unpaired) electrons. The highest BCUT2D eigenvalue weighted by atomic mass is 32.1. The first-order valence-corrected chi connectivity index (χ1v) is 6.93. The first-order chi connectivity index (χ1) is 9.34. The third-order valence-electron chi connectivity index (χ3n) is 2.96. The maximum atomic E-state index is 10.1. The third kappa shape index (κ3) is 2.57. The van der Waals surface area contributed by atoms with E-state index in [4.69, 9.17) is 0 Å². The van der Waals surface area contributed by atoms with Crippen LogP contribution in [0, 0.1) is 0 Å². The first kappa shape index (κ1) is 12.1.